The molecule has 1 nitrogen and oxygen atoms in total. The van der Waals surface area contributed by atoms with Crippen molar-refractivity contribution in [1.29, 1.82) is 0 Å². The highest BCUT2D eigenvalue weighted by atomic mass is 16.1. The summed E-state index contributed by atoms with van der Waals surface area (Å²) in [6.45, 7) is 4.12. The van der Waals surface area contributed by atoms with E-state index in [0.717, 1.165) is 23.8 Å². The molecule has 0 atom stereocenters. The fraction of sp³-hybridized carbons (Fsp3) is 0.308. The van der Waals surface area contributed by atoms with E-state index in [1.54, 1.807) is 0 Å². The van der Waals surface area contributed by atoms with Gasteiger partial charge in [-0.1, -0.05) is 43.7 Å². The molecule has 0 aliphatic rings. The molecule has 0 radical (unpaired) electrons. The molecule has 14 heavy (non-hydrogen) atoms. The lowest BCUT2D eigenvalue weighted by Crippen LogP contribution is -1.86. The Morgan fingerprint density at radius 1 is 1.36 bits per heavy atom. The summed E-state index contributed by atoms with van der Waals surface area (Å²) < 4.78 is 0. The van der Waals surface area contributed by atoms with Crippen LogP contribution >= 0.6 is 0 Å². The smallest absolute Gasteiger partial charge is 0.150 e. The third-order valence-electron chi connectivity index (χ3n) is 2.19. The van der Waals surface area contributed by atoms with Crippen LogP contribution in [0.2, 0.25) is 0 Å². The lowest BCUT2D eigenvalue weighted by molar-refractivity contribution is 0.112. The molecule has 0 spiro atoms. The van der Waals surface area contributed by atoms with Crippen molar-refractivity contribution in [2.45, 2.75) is 26.7 Å². The van der Waals surface area contributed by atoms with Crippen LogP contribution in [-0.2, 0) is 0 Å². The molecular formula is C13H16O. The lowest BCUT2D eigenvalue weighted by atomic mass is 10.1. The fourth-order valence-corrected chi connectivity index (χ4v) is 1.32. The molecule has 0 aliphatic heterocycles. The molecule has 0 aromatic heterocycles. The number of benzene rings is 1. The van der Waals surface area contributed by atoms with Crippen LogP contribution in [0.4, 0.5) is 0 Å². The SMILES string of the molecule is CCC/C=C/c1ccc(C=O)c(C)c1. The Bertz CT molecular complexity index is 337. The molecule has 0 N–H and O–H groups in total. The van der Waals surface area contributed by atoms with Gasteiger partial charge in [0.05, 0.1) is 0 Å². The maximum Gasteiger partial charge on any atom is 0.150 e. The molecule has 1 rings (SSSR count). The molecule has 0 unspecified atom stereocenters. The molecule has 0 saturated carbocycles. The standard InChI is InChI=1S/C13H16O/c1-3-4-5-6-12-7-8-13(10-14)11(2)9-12/h5-10H,3-4H2,1-2H3/b6-5+. The van der Waals surface area contributed by atoms with E-state index in [4.69, 9.17) is 0 Å². The highest BCUT2D eigenvalue weighted by Gasteiger charge is 1.95. The summed E-state index contributed by atoms with van der Waals surface area (Å²) in [5, 5.41) is 0. The van der Waals surface area contributed by atoms with E-state index in [0.29, 0.717) is 0 Å². The minimum atomic E-state index is 0.776. The topological polar surface area (TPSA) is 17.1 Å². The Morgan fingerprint density at radius 2 is 2.14 bits per heavy atom. The first kappa shape index (κ1) is 10.7. The minimum Gasteiger partial charge on any atom is -0.298 e. The number of unbranched alkanes of at least 4 members (excludes halogenated alkanes) is 1. The first-order chi connectivity index (χ1) is 6.77. The summed E-state index contributed by atoms with van der Waals surface area (Å²) in [7, 11) is 0. The summed E-state index contributed by atoms with van der Waals surface area (Å²) in [5.74, 6) is 0. The average Bonchev–Trinajstić information content (AvgIpc) is 2.18. The Hall–Kier alpha value is -1.37. The van der Waals surface area contributed by atoms with Gasteiger partial charge in [-0.05, 0) is 24.5 Å². The maximum atomic E-state index is 10.6. The van der Waals surface area contributed by atoms with Crippen molar-refractivity contribution in [1.82, 2.24) is 0 Å². The van der Waals surface area contributed by atoms with Crippen LogP contribution < -0.4 is 0 Å². The van der Waals surface area contributed by atoms with Crippen LogP contribution in [0.5, 0.6) is 0 Å². The number of allylic oxidation sites excluding steroid dienone is 1. The van der Waals surface area contributed by atoms with Gasteiger partial charge in [-0.3, -0.25) is 4.79 Å². The zero-order valence-electron chi connectivity index (χ0n) is 8.79. The molecule has 0 aliphatic carbocycles. The first-order valence-electron chi connectivity index (χ1n) is 5.00. The molecule has 0 amide bonds. The van der Waals surface area contributed by atoms with E-state index in [2.05, 4.69) is 19.1 Å². The van der Waals surface area contributed by atoms with E-state index in [-0.39, 0.29) is 0 Å². The van der Waals surface area contributed by atoms with Gasteiger partial charge >= 0.3 is 0 Å². The number of carbonyl (C=O) groups is 1. The summed E-state index contributed by atoms with van der Waals surface area (Å²) in [4.78, 5) is 10.6. The Kier molecular flexibility index (Phi) is 4.11. The third kappa shape index (κ3) is 2.84. The van der Waals surface area contributed by atoms with Gasteiger partial charge in [-0.15, -0.1) is 0 Å². The van der Waals surface area contributed by atoms with Gasteiger partial charge in [0, 0.05) is 5.56 Å². The monoisotopic (exact) mass is 188 g/mol. The number of hydrogen-bond donors (Lipinski definition) is 0. The summed E-state index contributed by atoms with van der Waals surface area (Å²) in [6, 6.07) is 5.88. The predicted octanol–water partition coefficient (Wildman–Crippen LogP) is 3.62. The van der Waals surface area contributed by atoms with Crippen molar-refractivity contribution in [3.8, 4) is 0 Å². The Balaban J connectivity index is 2.81. The van der Waals surface area contributed by atoms with Gasteiger partial charge in [-0.25, -0.2) is 0 Å². The average molecular weight is 188 g/mol. The van der Waals surface area contributed by atoms with Crippen molar-refractivity contribution in [3.05, 3.63) is 41.0 Å². The molecule has 0 bridgehead atoms. The molecular weight excluding hydrogens is 172 g/mol. The normalized spacial score (nSPS) is 10.7. The van der Waals surface area contributed by atoms with E-state index in [9.17, 15) is 4.79 Å². The van der Waals surface area contributed by atoms with Crippen molar-refractivity contribution in [2.24, 2.45) is 0 Å². The highest BCUT2D eigenvalue weighted by Crippen LogP contribution is 2.11. The second kappa shape index (κ2) is 5.38. The summed E-state index contributed by atoms with van der Waals surface area (Å²) in [6.07, 6.45) is 7.44. The van der Waals surface area contributed by atoms with Gasteiger partial charge in [0.15, 0.2) is 0 Å². The largest absolute Gasteiger partial charge is 0.298 e. The molecule has 1 heteroatoms. The van der Waals surface area contributed by atoms with Crippen molar-refractivity contribution in [2.75, 3.05) is 0 Å². The van der Waals surface area contributed by atoms with E-state index >= 15 is 0 Å². The Labute approximate surface area is 85.5 Å². The zero-order valence-corrected chi connectivity index (χ0v) is 8.79. The van der Waals surface area contributed by atoms with E-state index in [1.165, 1.54) is 12.0 Å². The maximum absolute atomic E-state index is 10.6. The summed E-state index contributed by atoms with van der Waals surface area (Å²) in [5.41, 5.74) is 2.98. The van der Waals surface area contributed by atoms with Crippen LogP contribution in [0.3, 0.4) is 0 Å². The molecule has 1 aromatic rings. The van der Waals surface area contributed by atoms with E-state index in [1.807, 2.05) is 25.1 Å². The number of carbonyl (C=O) groups excluding carboxylic acids is 1. The molecule has 0 heterocycles. The zero-order chi connectivity index (χ0) is 10.4. The van der Waals surface area contributed by atoms with Crippen molar-refractivity contribution in [3.63, 3.8) is 0 Å². The fourth-order valence-electron chi connectivity index (χ4n) is 1.32. The van der Waals surface area contributed by atoms with Crippen LogP contribution in [0.15, 0.2) is 24.3 Å². The lowest BCUT2D eigenvalue weighted by Gasteiger charge is -1.99. The second-order valence-corrected chi connectivity index (χ2v) is 3.42. The minimum absolute atomic E-state index is 0.776. The van der Waals surface area contributed by atoms with Crippen LogP contribution in [-0.4, -0.2) is 6.29 Å². The highest BCUT2D eigenvalue weighted by molar-refractivity contribution is 5.77. The first-order valence-corrected chi connectivity index (χ1v) is 5.00. The molecule has 0 saturated heterocycles. The van der Waals surface area contributed by atoms with Crippen LogP contribution in [0, 0.1) is 6.92 Å². The van der Waals surface area contributed by atoms with Gasteiger partial charge < -0.3 is 0 Å². The van der Waals surface area contributed by atoms with Gasteiger partial charge in [0.2, 0.25) is 0 Å². The predicted molar refractivity (Wildman–Crippen MR) is 60.5 cm³/mol. The van der Waals surface area contributed by atoms with Gasteiger partial charge in [0.25, 0.3) is 0 Å². The van der Waals surface area contributed by atoms with E-state index < -0.39 is 0 Å². The molecule has 0 fully saturated rings. The number of aryl methyl sites for hydroxylation is 1. The number of aldehydes is 1. The van der Waals surface area contributed by atoms with Gasteiger partial charge in [0.1, 0.15) is 6.29 Å². The quantitative estimate of drug-likeness (QED) is 0.659. The van der Waals surface area contributed by atoms with Crippen molar-refractivity contribution >= 4 is 12.4 Å². The summed E-state index contributed by atoms with van der Waals surface area (Å²) >= 11 is 0. The van der Waals surface area contributed by atoms with Gasteiger partial charge in [-0.2, -0.15) is 0 Å². The van der Waals surface area contributed by atoms with Crippen molar-refractivity contribution < 1.29 is 4.79 Å². The van der Waals surface area contributed by atoms with Crippen LogP contribution in [0.25, 0.3) is 6.08 Å². The van der Waals surface area contributed by atoms with Crippen LogP contribution in [0.1, 0.15) is 41.3 Å². The number of rotatable bonds is 4. The molecule has 1 aromatic carbocycles. The Morgan fingerprint density at radius 3 is 2.71 bits per heavy atom. The molecule has 74 valence electrons. The number of hydrogen-bond acceptors (Lipinski definition) is 1. The second-order valence-electron chi connectivity index (χ2n) is 3.42. The third-order valence-corrected chi connectivity index (χ3v) is 2.19.